The number of halogens is 1. The normalized spacial score (nSPS) is 26.9. The molecule has 19 heavy (non-hydrogen) atoms. The Morgan fingerprint density at radius 2 is 2.37 bits per heavy atom. The fraction of sp³-hybridized carbons (Fsp3) is 0.692. The molecule has 1 aliphatic rings. The molecule has 0 radical (unpaired) electrons. The molecule has 2 N–H and O–H groups in total. The van der Waals surface area contributed by atoms with Gasteiger partial charge in [-0.25, -0.2) is 0 Å². The predicted octanol–water partition coefficient (Wildman–Crippen LogP) is 1.11. The van der Waals surface area contributed by atoms with Crippen LogP contribution < -0.4 is 5.73 Å². The Kier molecular flexibility index (Phi) is 3.99. The van der Waals surface area contributed by atoms with Gasteiger partial charge in [0.05, 0.1) is 41.5 Å². The van der Waals surface area contributed by atoms with Gasteiger partial charge in [-0.2, -0.15) is 5.10 Å². The number of ketones is 1. The van der Waals surface area contributed by atoms with E-state index in [0.717, 1.165) is 17.8 Å². The summed E-state index contributed by atoms with van der Waals surface area (Å²) in [4.78, 5) is 12.5. The monoisotopic (exact) mass is 285 g/mol. The molecule has 0 aliphatic carbocycles. The van der Waals surface area contributed by atoms with Crippen LogP contribution in [0.4, 0.5) is 0 Å². The van der Waals surface area contributed by atoms with Gasteiger partial charge in [0.25, 0.3) is 0 Å². The van der Waals surface area contributed by atoms with E-state index in [2.05, 4.69) is 5.10 Å². The van der Waals surface area contributed by atoms with Crippen molar-refractivity contribution in [2.75, 3.05) is 13.2 Å². The first-order valence-corrected chi connectivity index (χ1v) is 6.84. The van der Waals surface area contributed by atoms with Crippen LogP contribution in [0.1, 0.15) is 25.2 Å². The zero-order valence-electron chi connectivity index (χ0n) is 11.6. The summed E-state index contributed by atoms with van der Waals surface area (Å²) in [7, 11) is 1.81. The Labute approximate surface area is 118 Å². The van der Waals surface area contributed by atoms with Gasteiger partial charge in [-0.15, -0.1) is 0 Å². The van der Waals surface area contributed by atoms with Crippen LogP contribution in [0.5, 0.6) is 0 Å². The van der Waals surface area contributed by atoms with E-state index >= 15 is 0 Å². The van der Waals surface area contributed by atoms with Crippen molar-refractivity contribution in [3.05, 3.63) is 16.4 Å². The van der Waals surface area contributed by atoms with Gasteiger partial charge in [0.2, 0.25) is 0 Å². The van der Waals surface area contributed by atoms with Gasteiger partial charge < -0.3 is 10.5 Å². The van der Waals surface area contributed by atoms with Gasteiger partial charge in [-0.05, 0) is 13.3 Å². The molecule has 5 nitrogen and oxygen atoms in total. The predicted molar refractivity (Wildman–Crippen MR) is 73.2 cm³/mol. The van der Waals surface area contributed by atoms with E-state index in [1.54, 1.807) is 11.7 Å². The van der Waals surface area contributed by atoms with E-state index < -0.39 is 5.41 Å². The van der Waals surface area contributed by atoms with Crippen molar-refractivity contribution < 1.29 is 9.53 Å². The second kappa shape index (κ2) is 5.23. The molecule has 1 aliphatic heterocycles. The van der Waals surface area contributed by atoms with Crippen LogP contribution in [0.3, 0.4) is 0 Å². The lowest BCUT2D eigenvalue weighted by molar-refractivity contribution is -0.127. The van der Waals surface area contributed by atoms with Crippen LogP contribution in [-0.2, 0) is 29.4 Å². The highest BCUT2D eigenvalue weighted by atomic mass is 35.5. The van der Waals surface area contributed by atoms with Crippen molar-refractivity contribution in [2.24, 2.45) is 18.2 Å². The third kappa shape index (κ3) is 2.42. The fourth-order valence-electron chi connectivity index (χ4n) is 2.34. The van der Waals surface area contributed by atoms with Crippen LogP contribution in [0.15, 0.2) is 0 Å². The highest BCUT2D eigenvalue weighted by Crippen LogP contribution is 2.31. The average molecular weight is 286 g/mol. The number of nitrogens with two attached hydrogens (primary N) is 1. The molecule has 1 saturated heterocycles. The molecule has 2 rings (SSSR count). The van der Waals surface area contributed by atoms with E-state index in [0.29, 0.717) is 18.2 Å². The topological polar surface area (TPSA) is 70.1 Å². The average Bonchev–Trinajstić information content (AvgIpc) is 2.85. The quantitative estimate of drug-likeness (QED) is 0.900. The lowest BCUT2D eigenvalue weighted by Crippen LogP contribution is -2.45. The largest absolute Gasteiger partial charge is 0.379 e. The fourth-order valence-corrected chi connectivity index (χ4v) is 2.70. The molecule has 1 aromatic rings. The van der Waals surface area contributed by atoms with Gasteiger partial charge in [0.1, 0.15) is 5.78 Å². The molecule has 0 bridgehead atoms. The lowest BCUT2D eigenvalue weighted by atomic mass is 9.79. The Balaban J connectivity index is 2.22. The van der Waals surface area contributed by atoms with Crippen molar-refractivity contribution in [3.63, 3.8) is 0 Å². The summed E-state index contributed by atoms with van der Waals surface area (Å²) >= 11 is 6.26. The SMILES string of the molecule is CCc1nn(C)c(CC(=O)C2(C)COCC2N)c1Cl. The number of rotatable bonds is 4. The van der Waals surface area contributed by atoms with Gasteiger partial charge in [0, 0.05) is 13.1 Å². The first-order valence-electron chi connectivity index (χ1n) is 6.47. The molecule has 0 spiro atoms. The summed E-state index contributed by atoms with van der Waals surface area (Å²) in [5.74, 6) is 0.0602. The Morgan fingerprint density at radius 3 is 2.84 bits per heavy atom. The van der Waals surface area contributed by atoms with E-state index in [9.17, 15) is 4.79 Å². The van der Waals surface area contributed by atoms with Gasteiger partial charge in [0.15, 0.2) is 0 Å². The summed E-state index contributed by atoms with van der Waals surface area (Å²) in [6.45, 7) is 4.66. The van der Waals surface area contributed by atoms with Crippen LogP contribution in [0.2, 0.25) is 5.02 Å². The second-order valence-electron chi connectivity index (χ2n) is 5.32. The highest BCUT2D eigenvalue weighted by Gasteiger charge is 2.44. The number of carbonyl (C=O) groups is 1. The minimum Gasteiger partial charge on any atom is -0.379 e. The maximum atomic E-state index is 12.5. The molecule has 1 fully saturated rings. The zero-order valence-corrected chi connectivity index (χ0v) is 12.3. The van der Waals surface area contributed by atoms with Crippen LogP contribution in [0, 0.1) is 5.41 Å². The number of aryl methyl sites for hydroxylation is 2. The van der Waals surface area contributed by atoms with E-state index in [1.165, 1.54) is 0 Å². The molecule has 0 aromatic carbocycles. The number of hydrogen-bond acceptors (Lipinski definition) is 4. The van der Waals surface area contributed by atoms with Crippen LogP contribution in [-0.4, -0.2) is 34.8 Å². The lowest BCUT2D eigenvalue weighted by Gasteiger charge is -2.25. The van der Waals surface area contributed by atoms with Gasteiger partial charge >= 0.3 is 0 Å². The Hall–Kier alpha value is -0.910. The number of carbonyl (C=O) groups excluding carboxylic acids is 1. The maximum absolute atomic E-state index is 12.5. The van der Waals surface area contributed by atoms with Crippen LogP contribution in [0.25, 0.3) is 0 Å². The first kappa shape index (κ1) is 14.5. The molecule has 6 heteroatoms. The molecule has 106 valence electrons. The summed E-state index contributed by atoms with van der Waals surface area (Å²) in [5.41, 5.74) is 6.93. The maximum Gasteiger partial charge on any atom is 0.148 e. The Morgan fingerprint density at radius 1 is 1.68 bits per heavy atom. The molecule has 2 atom stereocenters. The van der Waals surface area contributed by atoms with Gasteiger partial charge in [-0.1, -0.05) is 18.5 Å². The van der Waals surface area contributed by atoms with Gasteiger partial charge in [-0.3, -0.25) is 9.48 Å². The molecule has 0 saturated carbocycles. The molecular formula is C13H20ClN3O2. The van der Waals surface area contributed by atoms with Crippen molar-refractivity contribution in [2.45, 2.75) is 32.7 Å². The van der Waals surface area contributed by atoms with E-state index in [1.807, 2.05) is 13.8 Å². The van der Waals surface area contributed by atoms with Crippen molar-refractivity contribution >= 4 is 17.4 Å². The summed E-state index contributed by atoms with van der Waals surface area (Å²) < 4.78 is 7.00. The smallest absolute Gasteiger partial charge is 0.148 e. The molecular weight excluding hydrogens is 266 g/mol. The number of nitrogens with zero attached hydrogens (tertiary/aromatic N) is 2. The number of ether oxygens (including phenoxy) is 1. The minimum absolute atomic E-state index is 0.0602. The van der Waals surface area contributed by atoms with E-state index in [4.69, 9.17) is 22.1 Å². The number of aromatic nitrogens is 2. The van der Waals surface area contributed by atoms with Crippen molar-refractivity contribution in [1.29, 1.82) is 0 Å². The minimum atomic E-state index is -0.625. The summed E-state index contributed by atoms with van der Waals surface area (Å²) in [6.07, 6.45) is 0.997. The van der Waals surface area contributed by atoms with Crippen molar-refractivity contribution in [3.8, 4) is 0 Å². The number of Topliss-reactive ketones (excluding diaryl/α,β-unsaturated/α-hetero) is 1. The first-order chi connectivity index (χ1) is 8.90. The molecule has 2 heterocycles. The second-order valence-corrected chi connectivity index (χ2v) is 5.70. The third-order valence-electron chi connectivity index (χ3n) is 3.99. The number of hydrogen-bond donors (Lipinski definition) is 1. The summed E-state index contributed by atoms with van der Waals surface area (Å²) in [6, 6.07) is -0.252. The van der Waals surface area contributed by atoms with Crippen LogP contribution >= 0.6 is 11.6 Å². The zero-order chi connectivity index (χ0) is 14.2. The Bertz CT molecular complexity index is 500. The van der Waals surface area contributed by atoms with Crippen molar-refractivity contribution in [1.82, 2.24) is 9.78 Å². The third-order valence-corrected chi connectivity index (χ3v) is 4.42. The summed E-state index contributed by atoms with van der Waals surface area (Å²) in [5, 5.41) is 4.91. The molecule has 0 amide bonds. The highest BCUT2D eigenvalue weighted by molar-refractivity contribution is 6.32. The van der Waals surface area contributed by atoms with E-state index in [-0.39, 0.29) is 18.2 Å². The molecule has 1 aromatic heterocycles. The standard InChI is InChI=1S/C13H20ClN3O2/c1-4-8-12(14)9(17(3)16-8)5-11(18)13(2)7-19-6-10(13)15/h10H,4-7,15H2,1-3H3. The molecule has 2 unspecified atom stereocenters.